The zero-order chi connectivity index (χ0) is 16.4. The second-order valence-electron chi connectivity index (χ2n) is 6.52. The van der Waals surface area contributed by atoms with Crippen LogP contribution in [-0.2, 0) is 6.54 Å². The molecular weight excluding hydrogens is 316 g/mol. The summed E-state index contributed by atoms with van der Waals surface area (Å²) in [5.74, 6) is 0.393. The highest BCUT2D eigenvalue weighted by molar-refractivity contribution is 7.21. The van der Waals surface area contributed by atoms with E-state index in [2.05, 4.69) is 17.0 Å². The van der Waals surface area contributed by atoms with Gasteiger partial charge in [0.1, 0.15) is 10.8 Å². The Kier molecular flexibility index (Phi) is 4.50. The first kappa shape index (κ1) is 15.6. The van der Waals surface area contributed by atoms with E-state index in [4.69, 9.17) is 4.98 Å². The second-order valence-corrected chi connectivity index (χ2v) is 7.55. The molecular formula is C20H22N2OS. The summed E-state index contributed by atoms with van der Waals surface area (Å²) in [6.45, 7) is 3.08. The highest BCUT2D eigenvalue weighted by Gasteiger charge is 2.14. The molecule has 1 N–H and O–H groups in total. The third kappa shape index (κ3) is 3.30. The number of benzene rings is 2. The van der Waals surface area contributed by atoms with Gasteiger partial charge < -0.3 is 5.11 Å². The fourth-order valence-corrected chi connectivity index (χ4v) is 4.34. The number of nitrogens with zero attached hydrogens (tertiary/aromatic N) is 2. The van der Waals surface area contributed by atoms with E-state index in [0.717, 1.165) is 41.3 Å². The van der Waals surface area contributed by atoms with E-state index < -0.39 is 0 Å². The highest BCUT2D eigenvalue weighted by Crippen LogP contribution is 2.33. The molecule has 2 heterocycles. The number of para-hydroxylation sites is 1. The number of thiazole rings is 1. The Balaban J connectivity index is 1.62. The van der Waals surface area contributed by atoms with Crippen LogP contribution in [0.5, 0.6) is 5.75 Å². The van der Waals surface area contributed by atoms with E-state index in [9.17, 15) is 5.11 Å². The Morgan fingerprint density at radius 1 is 1.00 bits per heavy atom. The monoisotopic (exact) mass is 338 g/mol. The number of aromatic nitrogens is 1. The van der Waals surface area contributed by atoms with Gasteiger partial charge in [-0.05, 0) is 56.3 Å². The minimum atomic E-state index is 0.393. The predicted octanol–water partition coefficient (Wildman–Crippen LogP) is 5.04. The van der Waals surface area contributed by atoms with Crippen LogP contribution in [0.4, 0.5) is 0 Å². The number of aromatic hydroxyl groups is 1. The lowest BCUT2D eigenvalue weighted by atomic mass is 10.1. The molecule has 1 aliphatic heterocycles. The molecule has 0 bridgehead atoms. The van der Waals surface area contributed by atoms with Crippen molar-refractivity contribution in [3.8, 4) is 16.3 Å². The first-order valence-electron chi connectivity index (χ1n) is 8.70. The second kappa shape index (κ2) is 6.91. The average molecular weight is 338 g/mol. The van der Waals surface area contributed by atoms with Gasteiger partial charge >= 0.3 is 0 Å². The molecule has 24 heavy (non-hydrogen) atoms. The lowest BCUT2D eigenvalue weighted by molar-refractivity contribution is 0.273. The Labute approximate surface area is 146 Å². The molecule has 1 aromatic heterocycles. The van der Waals surface area contributed by atoms with Crippen molar-refractivity contribution in [1.82, 2.24) is 9.88 Å². The summed E-state index contributed by atoms with van der Waals surface area (Å²) in [5.41, 5.74) is 3.15. The summed E-state index contributed by atoms with van der Waals surface area (Å²) in [4.78, 5) is 7.20. The van der Waals surface area contributed by atoms with E-state index in [0.29, 0.717) is 5.75 Å². The molecule has 3 nitrogen and oxygen atoms in total. The van der Waals surface area contributed by atoms with Gasteiger partial charge in [0, 0.05) is 17.7 Å². The van der Waals surface area contributed by atoms with Gasteiger partial charge in [0.2, 0.25) is 0 Å². The summed E-state index contributed by atoms with van der Waals surface area (Å²) >= 11 is 1.71. The first-order valence-corrected chi connectivity index (χ1v) is 9.51. The zero-order valence-corrected chi connectivity index (χ0v) is 14.6. The minimum absolute atomic E-state index is 0.393. The minimum Gasteiger partial charge on any atom is -0.508 e. The molecule has 124 valence electrons. The first-order chi connectivity index (χ1) is 11.8. The third-order valence-corrected chi connectivity index (χ3v) is 5.80. The largest absolute Gasteiger partial charge is 0.508 e. The van der Waals surface area contributed by atoms with Crippen LogP contribution < -0.4 is 0 Å². The van der Waals surface area contributed by atoms with Crippen molar-refractivity contribution in [1.29, 1.82) is 0 Å². The molecule has 0 radical (unpaired) electrons. The number of likely N-dealkylation sites (tertiary alicyclic amines) is 1. The van der Waals surface area contributed by atoms with Crippen LogP contribution >= 0.6 is 11.3 Å². The van der Waals surface area contributed by atoms with Gasteiger partial charge in [-0.2, -0.15) is 0 Å². The van der Waals surface area contributed by atoms with Gasteiger partial charge in [0.05, 0.1) is 10.2 Å². The van der Waals surface area contributed by atoms with Gasteiger partial charge in [0.25, 0.3) is 0 Å². The number of fused-ring (bicyclic) bond motifs is 1. The van der Waals surface area contributed by atoms with Crippen LogP contribution in [0.2, 0.25) is 0 Å². The van der Waals surface area contributed by atoms with E-state index in [1.807, 2.05) is 30.3 Å². The molecule has 4 rings (SSSR count). The molecule has 0 unspecified atom stereocenters. The molecule has 0 spiro atoms. The van der Waals surface area contributed by atoms with E-state index in [1.165, 1.54) is 30.4 Å². The van der Waals surface area contributed by atoms with Crippen LogP contribution in [-0.4, -0.2) is 28.1 Å². The molecule has 0 saturated carbocycles. The fraction of sp³-hybridized carbons (Fsp3) is 0.350. The number of phenols is 1. The molecule has 1 aliphatic rings. The van der Waals surface area contributed by atoms with Crippen molar-refractivity contribution in [3.63, 3.8) is 0 Å². The Morgan fingerprint density at radius 3 is 2.58 bits per heavy atom. The summed E-state index contributed by atoms with van der Waals surface area (Å²) in [6.07, 6.45) is 5.18. The Morgan fingerprint density at radius 2 is 1.79 bits per heavy atom. The van der Waals surface area contributed by atoms with Crippen molar-refractivity contribution in [3.05, 3.63) is 48.0 Å². The number of rotatable bonds is 3. The average Bonchev–Trinajstić information content (AvgIpc) is 2.87. The standard InChI is InChI=1S/C20H22N2OS/c23-18-10-9-15(20-21-17-7-3-4-8-19(17)24-20)13-16(18)14-22-11-5-1-2-6-12-22/h3-4,7-10,13,23H,1-2,5-6,11-12,14H2. The molecule has 2 aromatic carbocycles. The molecule has 1 fully saturated rings. The molecule has 1 saturated heterocycles. The summed E-state index contributed by atoms with van der Waals surface area (Å²) in [6, 6.07) is 14.1. The van der Waals surface area contributed by atoms with Gasteiger partial charge in [0.15, 0.2) is 0 Å². The maximum absolute atomic E-state index is 10.3. The van der Waals surface area contributed by atoms with Crippen molar-refractivity contribution in [2.45, 2.75) is 32.2 Å². The number of hydrogen-bond acceptors (Lipinski definition) is 4. The van der Waals surface area contributed by atoms with Crippen molar-refractivity contribution >= 4 is 21.6 Å². The lowest BCUT2D eigenvalue weighted by Gasteiger charge is -2.20. The Bertz CT molecular complexity index is 802. The van der Waals surface area contributed by atoms with Gasteiger partial charge in [-0.15, -0.1) is 11.3 Å². The fourth-order valence-electron chi connectivity index (χ4n) is 3.38. The van der Waals surface area contributed by atoms with Crippen molar-refractivity contribution < 1.29 is 5.11 Å². The smallest absolute Gasteiger partial charge is 0.124 e. The van der Waals surface area contributed by atoms with Gasteiger partial charge in [-0.25, -0.2) is 4.98 Å². The third-order valence-electron chi connectivity index (χ3n) is 4.71. The molecule has 4 heteroatoms. The number of phenolic OH excluding ortho intramolecular Hbond substituents is 1. The van der Waals surface area contributed by atoms with Crippen LogP contribution in [0.25, 0.3) is 20.8 Å². The summed E-state index contributed by atoms with van der Waals surface area (Å²) in [7, 11) is 0. The van der Waals surface area contributed by atoms with Crippen molar-refractivity contribution in [2.24, 2.45) is 0 Å². The zero-order valence-electron chi connectivity index (χ0n) is 13.7. The SMILES string of the molecule is Oc1ccc(-c2nc3ccccc3s2)cc1CN1CCCCCC1. The van der Waals surface area contributed by atoms with E-state index >= 15 is 0 Å². The van der Waals surface area contributed by atoms with Gasteiger partial charge in [-0.3, -0.25) is 4.90 Å². The molecule has 3 aromatic rings. The van der Waals surface area contributed by atoms with Crippen LogP contribution in [0, 0.1) is 0 Å². The molecule has 0 atom stereocenters. The number of hydrogen-bond donors (Lipinski definition) is 1. The maximum Gasteiger partial charge on any atom is 0.124 e. The Hall–Kier alpha value is -1.91. The topological polar surface area (TPSA) is 36.4 Å². The maximum atomic E-state index is 10.3. The van der Waals surface area contributed by atoms with Gasteiger partial charge in [-0.1, -0.05) is 25.0 Å². The lowest BCUT2D eigenvalue weighted by Crippen LogP contribution is -2.24. The molecule has 0 aliphatic carbocycles. The summed E-state index contributed by atoms with van der Waals surface area (Å²) < 4.78 is 1.20. The highest BCUT2D eigenvalue weighted by atomic mass is 32.1. The van der Waals surface area contributed by atoms with Crippen LogP contribution in [0.1, 0.15) is 31.2 Å². The van der Waals surface area contributed by atoms with Crippen LogP contribution in [0.3, 0.4) is 0 Å². The van der Waals surface area contributed by atoms with Crippen molar-refractivity contribution in [2.75, 3.05) is 13.1 Å². The summed E-state index contributed by atoms with van der Waals surface area (Å²) in [5, 5.41) is 11.3. The molecule has 0 amide bonds. The van der Waals surface area contributed by atoms with E-state index in [-0.39, 0.29) is 0 Å². The normalized spacial score (nSPS) is 16.3. The predicted molar refractivity (Wildman–Crippen MR) is 100 cm³/mol. The van der Waals surface area contributed by atoms with E-state index in [1.54, 1.807) is 11.3 Å². The van der Waals surface area contributed by atoms with Crippen LogP contribution in [0.15, 0.2) is 42.5 Å². The quantitative estimate of drug-likeness (QED) is 0.726.